The van der Waals surface area contributed by atoms with Crippen LogP contribution in [-0.2, 0) is 10.0 Å². The van der Waals surface area contributed by atoms with Crippen LogP contribution in [0.2, 0.25) is 5.02 Å². The summed E-state index contributed by atoms with van der Waals surface area (Å²) in [5.41, 5.74) is 5.21. The zero-order valence-electron chi connectivity index (χ0n) is 11.7. The van der Waals surface area contributed by atoms with Gasteiger partial charge >= 0.3 is 0 Å². The summed E-state index contributed by atoms with van der Waals surface area (Å²) in [5, 5.41) is 12.3. The maximum Gasteiger partial charge on any atom is 0.243 e. The molecule has 1 heterocycles. The van der Waals surface area contributed by atoms with Gasteiger partial charge in [-0.15, -0.1) is 0 Å². The number of halogens is 1. The van der Waals surface area contributed by atoms with Crippen molar-refractivity contribution >= 4 is 27.5 Å². The maximum atomic E-state index is 12.5. The van der Waals surface area contributed by atoms with E-state index in [1.54, 1.807) is 12.1 Å². The summed E-state index contributed by atoms with van der Waals surface area (Å²) in [5.74, 6) is 0.144. The van der Waals surface area contributed by atoms with Gasteiger partial charge in [0.25, 0.3) is 0 Å². The smallest absolute Gasteiger partial charge is 0.243 e. The SMILES string of the molecule is CC1(/C(N)=N/O)CCN(S(=O)(=O)c2ccc(Cl)cc2)CC1. The lowest BCUT2D eigenvalue weighted by atomic mass is 9.80. The van der Waals surface area contributed by atoms with Crippen LogP contribution in [0.3, 0.4) is 0 Å². The molecular weight excluding hydrogens is 314 g/mol. The Bertz CT molecular complexity index is 635. The van der Waals surface area contributed by atoms with E-state index in [1.165, 1.54) is 16.4 Å². The lowest BCUT2D eigenvalue weighted by Gasteiger charge is -2.37. The summed E-state index contributed by atoms with van der Waals surface area (Å²) < 4.78 is 26.5. The first-order valence-corrected chi connectivity index (χ1v) is 8.35. The summed E-state index contributed by atoms with van der Waals surface area (Å²) >= 11 is 5.78. The minimum absolute atomic E-state index is 0.144. The van der Waals surface area contributed by atoms with E-state index in [0.29, 0.717) is 31.0 Å². The van der Waals surface area contributed by atoms with Crippen LogP contribution in [0.25, 0.3) is 0 Å². The fourth-order valence-corrected chi connectivity index (χ4v) is 3.92. The highest BCUT2D eigenvalue weighted by molar-refractivity contribution is 7.89. The quantitative estimate of drug-likeness (QED) is 0.382. The molecule has 0 bridgehead atoms. The average Bonchev–Trinajstić information content (AvgIpc) is 2.47. The number of sulfonamides is 1. The zero-order chi connectivity index (χ0) is 15.7. The first-order chi connectivity index (χ1) is 9.79. The van der Waals surface area contributed by atoms with Crippen molar-refractivity contribution in [3.63, 3.8) is 0 Å². The molecule has 2 rings (SSSR count). The Labute approximate surface area is 129 Å². The molecule has 1 fully saturated rings. The van der Waals surface area contributed by atoms with Gasteiger partial charge in [0.15, 0.2) is 0 Å². The molecule has 0 saturated carbocycles. The minimum Gasteiger partial charge on any atom is -0.409 e. The number of nitrogens with two attached hydrogens (primary N) is 1. The molecule has 116 valence electrons. The second-order valence-corrected chi connectivity index (χ2v) is 7.78. The fourth-order valence-electron chi connectivity index (χ4n) is 2.35. The normalized spacial score (nSPS) is 20.4. The first-order valence-electron chi connectivity index (χ1n) is 6.53. The van der Waals surface area contributed by atoms with E-state index in [2.05, 4.69) is 5.16 Å². The lowest BCUT2D eigenvalue weighted by Crippen LogP contribution is -2.47. The van der Waals surface area contributed by atoms with E-state index in [4.69, 9.17) is 22.5 Å². The van der Waals surface area contributed by atoms with Crippen LogP contribution < -0.4 is 5.73 Å². The number of hydrogen-bond donors (Lipinski definition) is 2. The molecule has 0 unspecified atom stereocenters. The van der Waals surface area contributed by atoms with Crippen molar-refractivity contribution in [1.29, 1.82) is 0 Å². The molecule has 1 aromatic carbocycles. The van der Waals surface area contributed by atoms with Crippen LogP contribution in [0.5, 0.6) is 0 Å². The van der Waals surface area contributed by atoms with Gasteiger partial charge in [-0.3, -0.25) is 0 Å². The molecule has 0 radical (unpaired) electrons. The van der Waals surface area contributed by atoms with Crippen LogP contribution in [0.4, 0.5) is 0 Å². The minimum atomic E-state index is -3.53. The first kappa shape index (κ1) is 16.1. The molecule has 0 amide bonds. The monoisotopic (exact) mass is 331 g/mol. The predicted molar refractivity (Wildman–Crippen MR) is 81.0 cm³/mol. The molecule has 21 heavy (non-hydrogen) atoms. The van der Waals surface area contributed by atoms with Crippen molar-refractivity contribution in [2.45, 2.75) is 24.7 Å². The molecule has 8 heteroatoms. The van der Waals surface area contributed by atoms with Crippen LogP contribution in [0.15, 0.2) is 34.3 Å². The summed E-state index contributed by atoms with van der Waals surface area (Å²) in [6.07, 6.45) is 1.02. The van der Waals surface area contributed by atoms with Crippen LogP contribution in [-0.4, -0.2) is 36.9 Å². The van der Waals surface area contributed by atoms with Gasteiger partial charge < -0.3 is 10.9 Å². The molecule has 1 aliphatic heterocycles. The maximum absolute atomic E-state index is 12.5. The molecule has 0 spiro atoms. The van der Waals surface area contributed by atoms with Crippen molar-refractivity contribution < 1.29 is 13.6 Å². The van der Waals surface area contributed by atoms with Crippen molar-refractivity contribution in [2.24, 2.45) is 16.3 Å². The van der Waals surface area contributed by atoms with E-state index in [-0.39, 0.29) is 10.7 Å². The molecule has 0 aliphatic carbocycles. The number of piperidine rings is 1. The van der Waals surface area contributed by atoms with Crippen molar-refractivity contribution in [3.8, 4) is 0 Å². The summed E-state index contributed by atoms with van der Waals surface area (Å²) in [7, 11) is -3.53. The predicted octanol–water partition coefficient (Wildman–Crippen LogP) is 1.88. The lowest BCUT2D eigenvalue weighted by molar-refractivity contribution is 0.230. The molecular formula is C13H18ClN3O3S. The second kappa shape index (κ2) is 5.82. The van der Waals surface area contributed by atoms with Gasteiger partial charge in [0, 0.05) is 23.5 Å². The molecule has 3 N–H and O–H groups in total. The van der Waals surface area contributed by atoms with Crippen LogP contribution in [0.1, 0.15) is 19.8 Å². The highest BCUT2D eigenvalue weighted by Gasteiger charge is 2.38. The summed E-state index contributed by atoms with van der Waals surface area (Å²) in [6, 6.07) is 6.10. The fraction of sp³-hybridized carbons (Fsp3) is 0.462. The number of benzene rings is 1. The summed E-state index contributed by atoms with van der Waals surface area (Å²) in [4.78, 5) is 0.222. The van der Waals surface area contributed by atoms with E-state index >= 15 is 0 Å². The average molecular weight is 332 g/mol. The zero-order valence-corrected chi connectivity index (χ0v) is 13.2. The molecule has 1 saturated heterocycles. The highest BCUT2D eigenvalue weighted by atomic mass is 35.5. The van der Waals surface area contributed by atoms with Crippen LogP contribution in [0, 0.1) is 5.41 Å². The van der Waals surface area contributed by atoms with Gasteiger partial charge in [-0.2, -0.15) is 4.31 Å². The third-order valence-corrected chi connectivity index (χ3v) is 6.17. The standard InChI is InChI=1S/C13H18ClN3O3S/c1-13(12(15)16-18)6-8-17(9-7-13)21(19,20)11-4-2-10(14)3-5-11/h2-5,18H,6-9H2,1H3,(H2,15,16). The Hall–Kier alpha value is -1.31. The van der Waals surface area contributed by atoms with Crippen LogP contribution >= 0.6 is 11.6 Å². The number of hydrogen-bond acceptors (Lipinski definition) is 4. The number of oxime groups is 1. The van der Waals surface area contributed by atoms with Crippen molar-refractivity contribution in [3.05, 3.63) is 29.3 Å². The van der Waals surface area contributed by atoms with E-state index in [1.807, 2.05) is 6.92 Å². The largest absolute Gasteiger partial charge is 0.409 e. The summed E-state index contributed by atoms with van der Waals surface area (Å²) in [6.45, 7) is 2.53. The Morgan fingerprint density at radius 3 is 2.33 bits per heavy atom. The van der Waals surface area contributed by atoms with Gasteiger partial charge in [0.2, 0.25) is 10.0 Å². The van der Waals surface area contributed by atoms with E-state index in [9.17, 15) is 8.42 Å². The molecule has 0 atom stereocenters. The van der Waals surface area contributed by atoms with Gasteiger partial charge in [0.1, 0.15) is 5.84 Å². The third kappa shape index (κ3) is 3.14. The topological polar surface area (TPSA) is 96.0 Å². The Balaban J connectivity index is 2.16. The molecule has 6 nitrogen and oxygen atoms in total. The highest BCUT2D eigenvalue weighted by Crippen LogP contribution is 2.33. The third-order valence-electron chi connectivity index (χ3n) is 4.00. The number of amidine groups is 1. The second-order valence-electron chi connectivity index (χ2n) is 5.40. The van der Waals surface area contributed by atoms with Gasteiger partial charge in [0.05, 0.1) is 4.90 Å². The van der Waals surface area contributed by atoms with Crippen molar-refractivity contribution in [2.75, 3.05) is 13.1 Å². The van der Waals surface area contributed by atoms with Gasteiger partial charge in [-0.05, 0) is 37.1 Å². The Kier molecular flexibility index (Phi) is 4.46. The number of rotatable bonds is 3. The van der Waals surface area contributed by atoms with E-state index in [0.717, 1.165) is 0 Å². The number of nitrogens with zero attached hydrogens (tertiary/aromatic N) is 2. The molecule has 0 aromatic heterocycles. The van der Waals surface area contributed by atoms with Crippen molar-refractivity contribution in [1.82, 2.24) is 4.31 Å². The van der Waals surface area contributed by atoms with E-state index < -0.39 is 15.4 Å². The molecule has 1 aromatic rings. The Morgan fingerprint density at radius 2 is 1.86 bits per heavy atom. The van der Waals surface area contributed by atoms with Gasteiger partial charge in [-0.1, -0.05) is 23.7 Å². The van der Waals surface area contributed by atoms with Gasteiger partial charge in [-0.25, -0.2) is 8.42 Å². The Morgan fingerprint density at radius 1 is 1.33 bits per heavy atom. The molecule has 1 aliphatic rings.